The summed E-state index contributed by atoms with van der Waals surface area (Å²) in [6, 6.07) is 13.1. The molecule has 2 aromatic carbocycles. The molecule has 2 heterocycles. The lowest BCUT2D eigenvalue weighted by molar-refractivity contribution is 0.0548. The first-order chi connectivity index (χ1) is 19.8. The number of fused-ring (bicyclic) bond motifs is 3. The van der Waals surface area contributed by atoms with Gasteiger partial charge < -0.3 is 20.9 Å². The van der Waals surface area contributed by atoms with Gasteiger partial charge in [0, 0.05) is 12.1 Å². The summed E-state index contributed by atoms with van der Waals surface area (Å²) in [4.78, 5) is 44.3. The number of carboxylic acids is 1. The SMILES string of the molecule is C=CCOC(=O)c1ccc2c(c1C)CC[C@@H]2NC(=O)c1cc(C(=O)O)nc2ncnn12.N[C@H]1CCc2ccccc21. The third kappa shape index (κ3) is 5.57. The summed E-state index contributed by atoms with van der Waals surface area (Å²) in [6.45, 7) is 5.53. The van der Waals surface area contributed by atoms with Gasteiger partial charge in [0.1, 0.15) is 18.6 Å². The van der Waals surface area contributed by atoms with Gasteiger partial charge in [-0.15, -0.1) is 0 Å². The monoisotopic (exact) mass is 554 g/mol. The van der Waals surface area contributed by atoms with Crippen LogP contribution in [0.15, 0.2) is 61.4 Å². The summed E-state index contributed by atoms with van der Waals surface area (Å²) in [5.41, 5.74) is 11.6. The summed E-state index contributed by atoms with van der Waals surface area (Å²) < 4.78 is 6.33. The van der Waals surface area contributed by atoms with Crippen molar-refractivity contribution in [2.45, 2.75) is 44.7 Å². The molecule has 2 aliphatic rings. The van der Waals surface area contributed by atoms with Crippen molar-refractivity contribution in [3.05, 3.63) is 106 Å². The van der Waals surface area contributed by atoms with E-state index < -0.39 is 17.8 Å². The van der Waals surface area contributed by atoms with Gasteiger partial charge in [-0.1, -0.05) is 43.0 Å². The van der Waals surface area contributed by atoms with E-state index in [9.17, 15) is 19.5 Å². The molecule has 6 rings (SSSR count). The number of nitrogens with one attached hydrogen (secondary N) is 1. The van der Waals surface area contributed by atoms with Crippen molar-refractivity contribution < 1.29 is 24.2 Å². The number of carbonyl (C=O) groups is 3. The maximum absolute atomic E-state index is 13.0. The summed E-state index contributed by atoms with van der Waals surface area (Å²) in [7, 11) is 0. The van der Waals surface area contributed by atoms with E-state index in [1.54, 1.807) is 6.07 Å². The number of hydrogen-bond donors (Lipinski definition) is 3. The van der Waals surface area contributed by atoms with Crippen molar-refractivity contribution in [3.63, 3.8) is 0 Å². The molecule has 11 heteroatoms. The number of aromatic nitrogens is 4. The minimum atomic E-state index is -1.27. The minimum absolute atomic E-state index is 0.0229. The number of nitrogens with zero attached hydrogens (tertiary/aromatic N) is 4. The molecular weight excluding hydrogens is 524 g/mol. The van der Waals surface area contributed by atoms with Crippen LogP contribution in [0, 0.1) is 6.92 Å². The largest absolute Gasteiger partial charge is 0.477 e. The number of carboxylic acid groups (broad SMARTS) is 1. The van der Waals surface area contributed by atoms with Crippen LogP contribution in [-0.2, 0) is 17.6 Å². The Morgan fingerprint density at radius 1 is 1.17 bits per heavy atom. The second-order valence-corrected chi connectivity index (χ2v) is 9.91. The first-order valence-electron chi connectivity index (χ1n) is 13.3. The Labute approximate surface area is 236 Å². The Bertz CT molecular complexity index is 1660. The van der Waals surface area contributed by atoms with Gasteiger partial charge in [-0.25, -0.2) is 14.6 Å². The molecule has 1 amide bonds. The molecule has 2 aliphatic carbocycles. The molecule has 41 heavy (non-hydrogen) atoms. The van der Waals surface area contributed by atoms with E-state index in [1.165, 1.54) is 34.1 Å². The highest BCUT2D eigenvalue weighted by Gasteiger charge is 2.29. The van der Waals surface area contributed by atoms with Crippen LogP contribution in [0.5, 0.6) is 0 Å². The third-order valence-corrected chi connectivity index (χ3v) is 7.43. The number of carbonyl (C=O) groups excluding carboxylic acids is 2. The van der Waals surface area contributed by atoms with Crippen molar-refractivity contribution in [1.29, 1.82) is 0 Å². The number of esters is 1. The molecule has 2 aromatic heterocycles. The molecule has 11 nitrogen and oxygen atoms in total. The normalized spacial score (nSPS) is 16.7. The quantitative estimate of drug-likeness (QED) is 0.239. The van der Waals surface area contributed by atoms with E-state index in [2.05, 4.69) is 51.2 Å². The predicted octanol–water partition coefficient (Wildman–Crippen LogP) is 3.52. The molecule has 4 aromatic rings. The van der Waals surface area contributed by atoms with Crippen LogP contribution < -0.4 is 11.1 Å². The van der Waals surface area contributed by atoms with Crippen molar-refractivity contribution >= 4 is 23.6 Å². The van der Waals surface area contributed by atoms with Gasteiger partial charge in [0.2, 0.25) is 0 Å². The average molecular weight is 555 g/mol. The summed E-state index contributed by atoms with van der Waals surface area (Å²) in [5.74, 6) is -2.16. The maximum atomic E-state index is 13.0. The van der Waals surface area contributed by atoms with Crippen molar-refractivity contribution in [3.8, 4) is 0 Å². The fourth-order valence-electron chi connectivity index (χ4n) is 5.37. The zero-order chi connectivity index (χ0) is 29.1. The third-order valence-electron chi connectivity index (χ3n) is 7.43. The fraction of sp³-hybridized carbons (Fsp3) is 0.267. The molecular formula is C30H30N6O5. The molecule has 210 valence electrons. The highest BCUT2D eigenvalue weighted by atomic mass is 16.5. The molecule has 0 aliphatic heterocycles. The van der Waals surface area contributed by atoms with Crippen LogP contribution in [0.2, 0.25) is 0 Å². The molecule has 4 N–H and O–H groups in total. The lowest BCUT2D eigenvalue weighted by Crippen LogP contribution is -2.29. The second-order valence-electron chi connectivity index (χ2n) is 9.91. The smallest absolute Gasteiger partial charge is 0.354 e. The minimum Gasteiger partial charge on any atom is -0.477 e. The first kappa shape index (κ1) is 27.7. The zero-order valence-electron chi connectivity index (χ0n) is 22.5. The van der Waals surface area contributed by atoms with Crippen LogP contribution in [-0.4, -0.2) is 49.1 Å². The van der Waals surface area contributed by atoms with E-state index in [0.717, 1.165) is 29.5 Å². The first-order valence-corrected chi connectivity index (χ1v) is 13.3. The van der Waals surface area contributed by atoms with E-state index in [1.807, 2.05) is 13.0 Å². The fourth-order valence-corrected chi connectivity index (χ4v) is 5.37. The Kier molecular flexibility index (Phi) is 7.88. The summed E-state index contributed by atoms with van der Waals surface area (Å²) in [6.07, 6.45) is 6.32. The van der Waals surface area contributed by atoms with Gasteiger partial charge in [-0.3, -0.25) is 4.79 Å². The van der Waals surface area contributed by atoms with Crippen molar-refractivity contribution in [2.75, 3.05) is 6.61 Å². The molecule has 0 saturated carbocycles. The van der Waals surface area contributed by atoms with E-state index in [-0.39, 0.29) is 29.8 Å². The molecule has 0 unspecified atom stereocenters. The van der Waals surface area contributed by atoms with Crippen LogP contribution >= 0.6 is 0 Å². The van der Waals surface area contributed by atoms with Gasteiger partial charge in [0.25, 0.3) is 11.7 Å². The van der Waals surface area contributed by atoms with Crippen molar-refractivity contribution in [2.24, 2.45) is 5.73 Å². The van der Waals surface area contributed by atoms with Gasteiger partial charge in [0.05, 0.1) is 11.6 Å². The van der Waals surface area contributed by atoms with Crippen LogP contribution in [0.3, 0.4) is 0 Å². The van der Waals surface area contributed by atoms with Gasteiger partial charge in [-0.2, -0.15) is 14.6 Å². The lowest BCUT2D eigenvalue weighted by atomic mass is 9.98. The molecule has 0 fully saturated rings. The van der Waals surface area contributed by atoms with E-state index in [4.69, 9.17) is 10.5 Å². The average Bonchev–Trinajstić information content (AvgIpc) is 3.71. The van der Waals surface area contributed by atoms with Gasteiger partial charge >= 0.3 is 11.9 Å². The number of nitrogens with two attached hydrogens (primary N) is 1. The molecule has 0 radical (unpaired) electrons. The van der Waals surface area contributed by atoms with Crippen LogP contribution in [0.4, 0.5) is 0 Å². The highest BCUT2D eigenvalue weighted by Crippen LogP contribution is 2.35. The van der Waals surface area contributed by atoms with E-state index in [0.29, 0.717) is 24.4 Å². The number of aryl methyl sites for hydroxylation is 1. The molecule has 0 saturated heterocycles. The highest BCUT2D eigenvalue weighted by molar-refractivity contribution is 5.96. The summed E-state index contributed by atoms with van der Waals surface area (Å²) in [5, 5.41) is 16.2. The van der Waals surface area contributed by atoms with Gasteiger partial charge in [-0.05, 0) is 66.5 Å². The van der Waals surface area contributed by atoms with Crippen molar-refractivity contribution in [1.82, 2.24) is 24.9 Å². The molecule has 0 spiro atoms. The topological polar surface area (TPSA) is 162 Å². The molecule has 2 atom stereocenters. The van der Waals surface area contributed by atoms with Gasteiger partial charge in [0.15, 0.2) is 5.69 Å². The second kappa shape index (κ2) is 11.7. The Morgan fingerprint density at radius 2 is 1.98 bits per heavy atom. The number of aromatic carboxylic acids is 1. The Balaban J connectivity index is 0.000000282. The maximum Gasteiger partial charge on any atom is 0.354 e. The zero-order valence-corrected chi connectivity index (χ0v) is 22.5. The predicted molar refractivity (Wildman–Crippen MR) is 150 cm³/mol. The standard InChI is InChI=1S/C21H19N5O5.C9H11N/c1-3-8-31-20(30)13-4-5-14-12(11(13)2)6-7-15(14)24-18(27)17-9-16(19(28)29)25-21-22-10-23-26(17)21;10-9-6-5-7-3-1-2-4-8(7)9/h3-5,9-10,15H,1,6-8H2,2H3,(H,24,27)(H,28,29);1-4,9H,5-6,10H2/t15-;9-/m00/s1. The Hall–Kier alpha value is -4.90. The molecule has 0 bridgehead atoms. The number of benzene rings is 2. The lowest BCUT2D eigenvalue weighted by Gasteiger charge is -2.16. The number of hydrogen-bond acceptors (Lipinski definition) is 8. The Morgan fingerprint density at radius 3 is 2.73 bits per heavy atom. The number of rotatable bonds is 6. The van der Waals surface area contributed by atoms with Crippen LogP contribution in [0.1, 0.15) is 84.1 Å². The summed E-state index contributed by atoms with van der Waals surface area (Å²) >= 11 is 0. The van der Waals surface area contributed by atoms with Crippen LogP contribution in [0.25, 0.3) is 5.78 Å². The number of ether oxygens (including phenoxy) is 1. The number of amides is 1. The van der Waals surface area contributed by atoms with E-state index >= 15 is 0 Å².